The highest BCUT2D eigenvalue weighted by Crippen LogP contribution is 2.23. The quantitative estimate of drug-likeness (QED) is 0.753. The van der Waals surface area contributed by atoms with E-state index in [1.54, 1.807) is 13.3 Å². The van der Waals surface area contributed by atoms with Crippen LogP contribution in [0.4, 0.5) is 10.1 Å². The first kappa shape index (κ1) is 18.4. The van der Waals surface area contributed by atoms with Crippen LogP contribution in [0.25, 0.3) is 0 Å². The Bertz CT molecular complexity index is 731. The van der Waals surface area contributed by atoms with E-state index in [-0.39, 0.29) is 11.7 Å². The van der Waals surface area contributed by atoms with Crippen molar-refractivity contribution < 1.29 is 13.9 Å². The predicted octanol–water partition coefficient (Wildman–Crippen LogP) is 3.94. The molecule has 1 aliphatic heterocycles. The number of pyridine rings is 1. The van der Waals surface area contributed by atoms with Crippen LogP contribution >= 0.6 is 0 Å². The van der Waals surface area contributed by atoms with Gasteiger partial charge in [0.2, 0.25) is 0 Å². The van der Waals surface area contributed by atoms with Gasteiger partial charge in [-0.25, -0.2) is 4.39 Å². The van der Waals surface area contributed by atoms with Gasteiger partial charge in [-0.3, -0.25) is 9.78 Å². The van der Waals surface area contributed by atoms with Gasteiger partial charge in [-0.15, -0.1) is 0 Å². The zero-order chi connectivity index (χ0) is 18.5. The van der Waals surface area contributed by atoms with E-state index in [0.29, 0.717) is 31.6 Å². The topological polar surface area (TPSA) is 42.4 Å². The summed E-state index contributed by atoms with van der Waals surface area (Å²) in [4.78, 5) is 18.8. The van der Waals surface area contributed by atoms with Crippen LogP contribution in [0.1, 0.15) is 36.9 Å². The van der Waals surface area contributed by atoms with E-state index >= 15 is 0 Å². The number of alkyl halides is 1. The van der Waals surface area contributed by atoms with Gasteiger partial charge in [0.05, 0.1) is 13.3 Å². The minimum Gasteiger partial charge on any atom is -0.495 e. The van der Waals surface area contributed by atoms with Crippen LogP contribution < -0.4 is 9.64 Å². The lowest BCUT2D eigenvalue weighted by Crippen LogP contribution is -2.19. The van der Waals surface area contributed by atoms with Crippen molar-refractivity contribution in [1.29, 1.82) is 0 Å². The summed E-state index contributed by atoms with van der Waals surface area (Å²) in [7, 11) is 1.61. The third-order valence-corrected chi connectivity index (χ3v) is 4.87. The van der Waals surface area contributed by atoms with Crippen LogP contribution in [0.15, 0.2) is 42.6 Å². The Morgan fingerprint density at radius 2 is 2.08 bits per heavy atom. The van der Waals surface area contributed by atoms with Crippen LogP contribution in [-0.4, -0.2) is 37.1 Å². The summed E-state index contributed by atoms with van der Waals surface area (Å²) in [5, 5.41) is 0. The van der Waals surface area contributed by atoms with Crippen molar-refractivity contribution in [3.05, 3.63) is 53.9 Å². The van der Waals surface area contributed by atoms with Crippen LogP contribution in [0.5, 0.6) is 5.75 Å². The van der Waals surface area contributed by atoms with Crippen LogP contribution in [-0.2, 0) is 11.2 Å². The monoisotopic (exact) mass is 356 g/mol. The maximum atomic E-state index is 13.3. The van der Waals surface area contributed by atoms with Crippen LogP contribution in [0.3, 0.4) is 0 Å². The van der Waals surface area contributed by atoms with Crippen molar-refractivity contribution >= 4 is 11.5 Å². The Hall–Kier alpha value is -2.43. The average molecular weight is 356 g/mol. The number of hydrogen-bond donors (Lipinski definition) is 0. The maximum Gasteiger partial charge on any atom is 0.137 e. The molecule has 0 N–H and O–H groups in total. The van der Waals surface area contributed by atoms with Gasteiger partial charge >= 0.3 is 0 Å². The number of carbonyl (C=O) groups is 1. The number of anilines is 1. The van der Waals surface area contributed by atoms with E-state index < -0.39 is 6.17 Å². The number of benzene rings is 1. The fourth-order valence-electron chi connectivity index (χ4n) is 3.33. The number of nitrogens with zero attached hydrogens (tertiary/aromatic N) is 2. The molecule has 138 valence electrons. The second kappa shape index (κ2) is 8.30. The fraction of sp³-hybridized carbons (Fsp3) is 0.429. The summed E-state index contributed by atoms with van der Waals surface area (Å²) in [6.45, 7) is 3.23. The molecule has 1 aromatic heterocycles. The Morgan fingerprint density at radius 3 is 2.65 bits per heavy atom. The molecular formula is C21H25FN2O2. The molecule has 1 aromatic carbocycles. The fourth-order valence-corrected chi connectivity index (χ4v) is 3.33. The first-order valence-electron chi connectivity index (χ1n) is 9.04. The summed E-state index contributed by atoms with van der Waals surface area (Å²) >= 11 is 0. The lowest BCUT2D eigenvalue weighted by molar-refractivity contribution is -0.118. The molecule has 1 fully saturated rings. The van der Waals surface area contributed by atoms with Gasteiger partial charge in [-0.1, -0.05) is 19.1 Å². The number of rotatable bonds is 7. The molecule has 4 nitrogen and oxygen atoms in total. The van der Waals surface area contributed by atoms with Crippen molar-refractivity contribution in [2.45, 2.75) is 38.3 Å². The standard InChI is InChI=1S/C21H25FN2O2/c1-15(21-8-7-20(26-2)13-23-21)11-19(25)12-16-3-5-18(6-4-16)24-10-9-17(22)14-24/h3-8,13,15,17H,9-12,14H2,1-2H3/t15-,17?/m0/s1. The Labute approximate surface area is 154 Å². The Morgan fingerprint density at radius 1 is 1.31 bits per heavy atom. The maximum absolute atomic E-state index is 13.3. The first-order chi connectivity index (χ1) is 12.5. The summed E-state index contributed by atoms with van der Waals surface area (Å²) in [5.41, 5.74) is 2.91. The normalized spacial score (nSPS) is 18.0. The molecule has 0 radical (unpaired) electrons. The number of hydrogen-bond acceptors (Lipinski definition) is 4. The van der Waals surface area contributed by atoms with Crippen molar-refractivity contribution in [3.63, 3.8) is 0 Å². The second-order valence-electron chi connectivity index (χ2n) is 6.94. The van der Waals surface area contributed by atoms with Gasteiger partial charge in [-0.2, -0.15) is 0 Å². The van der Waals surface area contributed by atoms with Crippen LogP contribution in [0, 0.1) is 0 Å². The van der Waals surface area contributed by atoms with Crippen LogP contribution in [0.2, 0.25) is 0 Å². The molecule has 0 saturated carbocycles. The molecule has 2 atom stereocenters. The molecule has 1 aliphatic rings. The summed E-state index contributed by atoms with van der Waals surface area (Å²) in [6, 6.07) is 11.7. The van der Waals surface area contributed by atoms with Crippen molar-refractivity contribution in [1.82, 2.24) is 4.98 Å². The van der Waals surface area contributed by atoms with E-state index in [0.717, 1.165) is 23.5 Å². The van der Waals surface area contributed by atoms with Crippen molar-refractivity contribution in [3.8, 4) is 5.75 Å². The largest absolute Gasteiger partial charge is 0.495 e. The number of aromatic nitrogens is 1. The number of ether oxygens (including phenoxy) is 1. The summed E-state index contributed by atoms with van der Waals surface area (Å²) < 4.78 is 18.4. The third kappa shape index (κ3) is 4.59. The van der Waals surface area contributed by atoms with Gasteiger partial charge < -0.3 is 9.64 Å². The van der Waals surface area contributed by atoms with Crippen molar-refractivity contribution in [2.75, 3.05) is 25.1 Å². The molecule has 0 amide bonds. The smallest absolute Gasteiger partial charge is 0.137 e. The summed E-state index contributed by atoms with van der Waals surface area (Å²) in [6.07, 6.45) is 2.40. The molecule has 5 heteroatoms. The summed E-state index contributed by atoms with van der Waals surface area (Å²) in [5.74, 6) is 0.969. The van der Waals surface area contributed by atoms with Gasteiger partial charge in [0.25, 0.3) is 0 Å². The van der Waals surface area contributed by atoms with E-state index in [4.69, 9.17) is 4.74 Å². The number of carbonyl (C=O) groups excluding carboxylic acids is 1. The number of ketones is 1. The van der Waals surface area contributed by atoms with Gasteiger partial charge in [0, 0.05) is 43.2 Å². The van der Waals surface area contributed by atoms with Gasteiger partial charge in [0.1, 0.15) is 17.7 Å². The highest BCUT2D eigenvalue weighted by molar-refractivity contribution is 5.81. The molecule has 3 rings (SSSR count). The molecule has 2 heterocycles. The predicted molar refractivity (Wildman–Crippen MR) is 101 cm³/mol. The second-order valence-corrected chi connectivity index (χ2v) is 6.94. The zero-order valence-corrected chi connectivity index (χ0v) is 15.3. The Kier molecular flexibility index (Phi) is 5.86. The molecule has 1 unspecified atom stereocenters. The average Bonchev–Trinajstić information content (AvgIpc) is 3.08. The zero-order valence-electron chi connectivity index (χ0n) is 15.3. The molecule has 1 saturated heterocycles. The van der Waals surface area contributed by atoms with E-state index in [2.05, 4.69) is 4.98 Å². The van der Waals surface area contributed by atoms with Gasteiger partial charge in [-0.05, 0) is 36.2 Å². The van der Waals surface area contributed by atoms with E-state index in [1.165, 1.54) is 0 Å². The highest BCUT2D eigenvalue weighted by atomic mass is 19.1. The van der Waals surface area contributed by atoms with Gasteiger partial charge in [0.15, 0.2) is 0 Å². The third-order valence-electron chi connectivity index (χ3n) is 4.87. The Balaban J connectivity index is 1.53. The molecule has 0 aliphatic carbocycles. The minimum atomic E-state index is -0.732. The lowest BCUT2D eigenvalue weighted by Gasteiger charge is -2.17. The highest BCUT2D eigenvalue weighted by Gasteiger charge is 2.21. The molecule has 0 spiro atoms. The van der Waals surface area contributed by atoms with E-state index in [1.807, 2.05) is 48.2 Å². The first-order valence-corrected chi connectivity index (χ1v) is 9.04. The lowest BCUT2D eigenvalue weighted by atomic mass is 9.96. The molecule has 0 bridgehead atoms. The van der Waals surface area contributed by atoms with E-state index in [9.17, 15) is 9.18 Å². The molecular weight excluding hydrogens is 331 g/mol. The number of halogens is 1. The number of Topliss-reactive ketones (excluding diaryl/α,β-unsaturated/α-hetero) is 1. The molecule has 2 aromatic rings. The number of methoxy groups -OCH3 is 1. The minimum absolute atomic E-state index is 0.0683. The van der Waals surface area contributed by atoms with Crippen molar-refractivity contribution in [2.24, 2.45) is 0 Å². The SMILES string of the molecule is COc1ccc([C@@H](C)CC(=O)Cc2ccc(N3CCC(F)C3)cc2)nc1. The molecule has 26 heavy (non-hydrogen) atoms.